The van der Waals surface area contributed by atoms with Crippen molar-refractivity contribution >= 4 is 5.91 Å². The number of nitrogens with two attached hydrogens (primary N) is 1. The lowest BCUT2D eigenvalue weighted by molar-refractivity contribution is -0.120. The number of carbonyl (C=O) groups is 1. The van der Waals surface area contributed by atoms with Crippen molar-refractivity contribution in [2.75, 3.05) is 13.1 Å². The van der Waals surface area contributed by atoms with E-state index < -0.39 is 0 Å². The van der Waals surface area contributed by atoms with Crippen molar-refractivity contribution in [1.82, 2.24) is 10.6 Å². The zero-order valence-corrected chi connectivity index (χ0v) is 6.05. The number of rotatable bonds is 1. The Balaban J connectivity index is 2.47. The predicted molar refractivity (Wildman–Crippen MR) is 38.4 cm³/mol. The highest BCUT2D eigenvalue weighted by Gasteiger charge is 2.24. The molecular weight excluding hydrogens is 130 g/mol. The van der Waals surface area contributed by atoms with Crippen molar-refractivity contribution in [2.24, 2.45) is 5.73 Å². The van der Waals surface area contributed by atoms with Crippen LogP contribution >= 0.6 is 0 Å². The summed E-state index contributed by atoms with van der Waals surface area (Å²) in [6.07, 6.45) is 0. The van der Waals surface area contributed by atoms with Gasteiger partial charge in [0.15, 0.2) is 0 Å². The van der Waals surface area contributed by atoms with E-state index in [2.05, 4.69) is 10.6 Å². The molecule has 4 nitrogen and oxygen atoms in total. The van der Waals surface area contributed by atoms with Crippen LogP contribution in [0.2, 0.25) is 0 Å². The van der Waals surface area contributed by atoms with E-state index in [1.54, 1.807) is 0 Å². The van der Waals surface area contributed by atoms with Crippen molar-refractivity contribution in [3.63, 3.8) is 0 Å². The van der Waals surface area contributed by atoms with E-state index in [4.69, 9.17) is 5.73 Å². The van der Waals surface area contributed by atoms with E-state index >= 15 is 0 Å². The maximum Gasteiger partial charge on any atom is 0.236 e. The minimum atomic E-state index is -0.278. The average molecular weight is 143 g/mol. The van der Waals surface area contributed by atoms with Gasteiger partial charge in [-0.05, 0) is 6.92 Å². The van der Waals surface area contributed by atoms with Crippen LogP contribution < -0.4 is 16.4 Å². The molecule has 1 rings (SSSR count). The number of nitrogens with one attached hydrogen (secondary N) is 2. The van der Waals surface area contributed by atoms with Crippen LogP contribution in [0.1, 0.15) is 6.92 Å². The van der Waals surface area contributed by atoms with Crippen LogP contribution in [-0.4, -0.2) is 31.1 Å². The molecule has 1 aliphatic heterocycles. The zero-order chi connectivity index (χ0) is 7.56. The van der Waals surface area contributed by atoms with Crippen molar-refractivity contribution in [2.45, 2.75) is 19.0 Å². The van der Waals surface area contributed by atoms with Gasteiger partial charge in [-0.3, -0.25) is 4.79 Å². The summed E-state index contributed by atoms with van der Waals surface area (Å²) in [5.41, 5.74) is 5.12. The first-order chi connectivity index (χ1) is 4.72. The van der Waals surface area contributed by atoms with E-state index in [1.165, 1.54) is 0 Å². The molecule has 1 aliphatic rings. The van der Waals surface area contributed by atoms with E-state index in [9.17, 15) is 4.79 Å². The van der Waals surface area contributed by atoms with Crippen LogP contribution in [0.25, 0.3) is 0 Å². The molecule has 0 aromatic rings. The summed E-state index contributed by atoms with van der Waals surface area (Å²) in [6, 6.07) is -0.0417. The number of primary amides is 1. The Morgan fingerprint density at radius 1 is 1.50 bits per heavy atom. The lowest BCUT2D eigenvalue weighted by Crippen LogP contribution is -2.59. The quantitative estimate of drug-likeness (QED) is 0.415. The third kappa shape index (κ3) is 1.46. The molecule has 0 bridgehead atoms. The number of piperazine rings is 1. The third-order valence-corrected chi connectivity index (χ3v) is 1.76. The van der Waals surface area contributed by atoms with Crippen LogP contribution in [0.4, 0.5) is 0 Å². The monoisotopic (exact) mass is 143 g/mol. The first-order valence-electron chi connectivity index (χ1n) is 3.48. The smallest absolute Gasteiger partial charge is 0.236 e. The van der Waals surface area contributed by atoms with Gasteiger partial charge in [-0.15, -0.1) is 0 Å². The maximum absolute atomic E-state index is 10.7. The summed E-state index contributed by atoms with van der Waals surface area (Å²) in [5.74, 6) is -0.278. The molecule has 4 heteroatoms. The molecule has 2 atom stereocenters. The van der Waals surface area contributed by atoms with Gasteiger partial charge in [-0.25, -0.2) is 0 Å². The number of hydrogen-bond acceptors (Lipinski definition) is 3. The highest BCUT2D eigenvalue weighted by atomic mass is 16.1. The minimum absolute atomic E-state index is 0.159. The molecule has 1 saturated heterocycles. The summed E-state index contributed by atoms with van der Waals surface area (Å²) in [5, 5.41) is 6.18. The molecule has 4 N–H and O–H groups in total. The SMILES string of the molecule is CC1NCCNC1C(N)=O. The molecule has 0 aromatic heterocycles. The first kappa shape index (κ1) is 7.50. The molecule has 0 aliphatic carbocycles. The molecule has 0 radical (unpaired) electrons. The third-order valence-electron chi connectivity index (χ3n) is 1.76. The van der Waals surface area contributed by atoms with Crippen LogP contribution in [0, 0.1) is 0 Å². The second-order valence-electron chi connectivity index (χ2n) is 2.58. The Hall–Kier alpha value is -0.610. The molecule has 2 unspecified atom stereocenters. The fourth-order valence-corrected chi connectivity index (χ4v) is 1.17. The van der Waals surface area contributed by atoms with Crippen LogP contribution in [0.3, 0.4) is 0 Å². The average Bonchev–Trinajstić information content (AvgIpc) is 1.88. The predicted octanol–water partition coefficient (Wildman–Crippen LogP) is -1.58. The Bertz CT molecular complexity index is 137. The number of amides is 1. The lowest BCUT2D eigenvalue weighted by Gasteiger charge is -2.28. The van der Waals surface area contributed by atoms with E-state index in [-0.39, 0.29) is 18.0 Å². The highest BCUT2D eigenvalue weighted by Crippen LogP contribution is 1.95. The summed E-state index contributed by atoms with van der Waals surface area (Å²) in [6.45, 7) is 3.67. The molecule has 0 spiro atoms. The van der Waals surface area contributed by atoms with Crippen molar-refractivity contribution < 1.29 is 4.79 Å². The topological polar surface area (TPSA) is 67.2 Å². The van der Waals surface area contributed by atoms with Gasteiger partial charge < -0.3 is 16.4 Å². The van der Waals surface area contributed by atoms with Gasteiger partial charge in [0.2, 0.25) is 5.91 Å². The summed E-state index contributed by atoms with van der Waals surface area (Å²) in [7, 11) is 0. The fraction of sp³-hybridized carbons (Fsp3) is 0.833. The molecule has 10 heavy (non-hydrogen) atoms. The zero-order valence-electron chi connectivity index (χ0n) is 6.05. The molecule has 1 amide bonds. The van der Waals surface area contributed by atoms with Gasteiger partial charge in [-0.1, -0.05) is 0 Å². The summed E-state index contributed by atoms with van der Waals surface area (Å²) < 4.78 is 0. The second-order valence-corrected chi connectivity index (χ2v) is 2.58. The fourth-order valence-electron chi connectivity index (χ4n) is 1.17. The van der Waals surface area contributed by atoms with Crippen LogP contribution in [0.5, 0.6) is 0 Å². The highest BCUT2D eigenvalue weighted by molar-refractivity contribution is 5.80. The normalized spacial score (nSPS) is 33.7. The van der Waals surface area contributed by atoms with Crippen molar-refractivity contribution in [1.29, 1.82) is 0 Å². The molecule has 0 aromatic carbocycles. The molecule has 1 heterocycles. The van der Waals surface area contributed by atoms with E-state index in [1.807, 2.05) is 6.92 Å². The molecular formula is C6H13N3O. The van der Waals surface area contributed by atoms with Crippen molar-refractivity contribution in [3.05, 3.63) is 0 Å². The van der Waals surface area contributed by atoms with Crippen LogP contribution in [-0.2, 0) is 4.79 Å². The summed E-state index contributed by atoms with van der Waals surface area (Å²) >= 11 is 0. The van der Waals surface area contributed by atoms with Gasteiger partial charge in [0.05, 0.1) is 0 Å². The van der Waals surface area contributed by atoms with Gasteiger partial charge in [0.1, 0.15) is 6.04 Å². The second kappa shape index (κ2) is 2.98. The Kier molecular flexibility index (Phi) is 2.24. The standard InChI is InChI=1S/C6H13N3O/c1-4-5(6(7)10)9-3-2-8-4/h4-5,8-9H,2-3H2,1H3,(H2,7,10). The Morgan fingerprint density at radius 3 is 2.50 bits per heavy atom. The van der Waals surface area contributed by atoms with Gasteiger partial charge in [0.25, 0.3) is 0 Å². The van der Waals surface area contributed by atoms with Gasteiger partial charge >= 0.3 is 0 Å². The summed E-state index contributed by atoms with van der Waals surface area (Å²) in [4.78, 5) is 10.7. The largest absolute Gasteiger partial charge is 0.368 e. The van der Waals surface area contributed by atoms with Crippen LogP contribution in [0.15, 0.2) is 0 Å². The Morgan fingerprint density at radius 2 is 2.10 bits per heavy atom. The molecule has 1 fully saturated rings. The van der Waals surface area contributed by atoms with Gasteiger partial charge in [0, 0.05) is 19.1 Å². The minimum Gasteiger partial charge on any atom is -0.368 e. The van der Waals surface area contributed by atoms with Crippen molar-refractivity contribution in [3.8, 4) is 0 Å². The van der Waals surface area contributed by atoms with E-state index in [0.29, 0.717) is 0 Å². The number of carbonyl (C=O) groups excluding carboxylic acids is 1. The maximum atomic E-state index is 10.7. The molecule has 0 saturated carbocycles. The first-order valence-corrected chi connectivity index (χ1v) is 3.48. The Labute approximate surface area is 60.2 Å². The number of hydrogen-bond donors (Lipinski definition) is 3. The lowest BCUT2D eigenvalue weighted by atomic mass is 10.1. The van der Waals surface area contributed by atoms with E-state index in [0.717, 1.165) is 13.1 Å². The molecule has 58 valence electrons. The van der Waals surface area contributed by atoms with Gasteiger partial charge in [-0.2, -0.15) is 0 Å².